The lowest BCUT2D eigenvalue weighted by Crippen LogP contribution is -2.55. The van der Waals surface area contributed by atoms with Gasteiger partial charge in [0.2, 0.25) is 0 Å². The number of rotatable bonds is 18. The first kappa shape index (κ1) is 53.6. The van der Waals surface area contributed by atoms with Crippen LogP contribution >= 0.6 is 0 Å². The number of aliphatic hydroxyl groups excluding tert-OH is 2. The number of anilines is 2. The maximum absolute atomic E-state index is 13.9. The van der Waals surface area contributed by atoms with Gasteiger partial charge in [-0.3, -0.25) is 0 Å². The van der Waals surface area contributed by atoms with E-state index < -0.39 is 60.2 Å². The van der Waals surface area contributed by atoms with Gasteiger partial charge in [0, 0.05) is 35.9 Å². The lowest BCUT2D eigenvalue weighted by molar-refractivity contribution is -0.141. The number of carbonyl (C=O) groups excluding carboxylic acids is 2. The van der Waals surface area contributed by atoms with Crippen molar-refractivity contribution in [2.75, 3.05) is 36.1 Å². The molecular weight excluding hydrogens is 931 g/mol. The van der Waals surface area contributed by atoms with Crippen molar-refractivity contribution in [3.05, 3.63) is 153 Å². The minimum atomic E-state index is -4.67. The molecule has 18 heteroatoms. The number of alkyl halides is 6. The van der Waals surface area contributed by atoms with Gasteiger partial charge in [-0.1, -0.05) is 68.5 Å². The number of aliphatic hydroxyl groups is 2. The van der Waals surface area contributed by atoms with Gasteiger partial charge in [-0.05, 0) is 112 Å². The molecule has 6 rings (SSSR count). The largest absolute Gasteiger partial charge is 0.463 e. The Hall–Kier alpha value is -6.70. The van der Waals surface area contributed by atoms with Crippen LogP contribution in [0, 0.1) is 22.7 Å². The molecule has 12 nitrogen and oxygen atoms in total. The normalized spacial score (nSPS) is 19.1. The second-order valence-electron chi connectivity index (χ2n) is 17.2. The fraction of sp³-hybridized carbons (Fsp3) is 0.396. The van der Waals surface area contributed by atoms with Crippen LogP contribution in [-0.4, -0.2) is 71.0 Å². The van der Waals surface area contributed by atoms with Crippen molar-refractivity contribution in [3.63, 3.8) is 0 Å². The molecular formula is C53H56F6N6O6. The summed E-state index contributed by atoms with van der Waals surface area (Å²) in [5.41, 5.74) is 0.669. The van der Waals surface area contributed by atoms with Crippen LogP contribution in [0.2, 0.25) is 0 Å². The summed E-state index contributed by atoms with van der Waals surface area (Å²) < 4.78 is 94.5. The van der Waals surface area contributed by atoms with Gasteiger partial charge in [-0.2, -0.15) is 36.9 Å². The van der Waals surface area contributed by atoms with E-state index in [0.29, 0.717) is 47.9 Å². The first-order valence-corrected chi connectivity index (χ1v) is 23.4. The Morgan fingerprint density at radius 2 is 0.901 bits per heavy atom. The Morgan fingerprint density at radius 1 is 0.563 bits per heavy atom. The number of hydrogen-bond acceptors (Lipinski definition) is 12. The molecule has 0 aliphatic carbocycles. The van der Waals surface area contributed by atoms with Crippen LogP contribution in [0.3, 0.4) is 0 Å². The van der Waals surface area contributed by atoms with E-state index in [1.54, 1.807) is 86.0 Å². The quantitative estimate of drug-likeness (QED) is 0.0554. The van der Waals surface area contributed by atoms with Crippen LogP contribution in [0.15, 0.2) is 120 Å². The fourth-order valence-electron chi connectivity index (χ4n) is 9.31. The van der Waals surface area contributed by atoms with E-state index in [-0.39, 0.29) is 60.2 Å². The van der Waals surface area contributed by atoms with Crippen molar-refractivity contribution in [1.29, 1.82) is 10.5 Å². The van der Waals surface area contributed by atoms with Crippen LogP contribution in [0.5, 0.6) is 0 Å². The number of halogens is 6. The first-order valence-electron chi connectivity index (χ1n) is 23.4. The molecule has 4 aromatic rings. The van der Waals surface area contributed by atoms with E-state index in [9.17, 15) is 56.7 Å². The molecule has 0 amide bonds. The molecule has 2 aliphatic rings. The molecule has 0 saturated carbocycles. The van der Waals surface area contributed by atoms with Gasteiger partial charge in [0.05, 0.1) is 70.8 Å². The summed E-state index contributed by atoms with van der Waals surface area (Å²) in [7, 11) is 0. The Kier molecular flexibility index (Phi) is 17.7. The predicted molar refractivity (Wildman–Crippen MR) is 252 cm³/mol. The average molecular weight is 987 g/mol. The first-order chi connectivity index (χ1) is 33.9. The maximum Gasteiger partial charge on any atom is 0.416 e. The van der Waals surface area contributed by atoms with Crippen molar-refractivity contribution in [1.82, 2.24) is 9.80 Å². The third-order valence-electron chi connectivity index (χ3n) is 12.7. The zero-order valence-corrected chi connectivity index (χ0v) is 39.8. The molecule has 0 radical (unpaired) electrons. The molecule has 0 aromatic heterocycles. The molecule has 0 fully saturated rings. The van der Waals surface area contributed by atoms with E-state index >= 15 is 0 Å². The van der Waals surface area contributed by atoms with Crippen LogP contribution in [0.1, 0.15) is 118 Å². The monoisotopic (exact) mass is 986 g/mol. The van der Waals surface area contributed by atoms with E-state index in [1.165, 1.54) is 34.1 Å². The van der Waals surface area contributed by atoms with Crippen LogP contribution in [0.25, 0.3) is 0 Å². The molecule has 2 heterocycles. The highest BCUT2D eigenvalue weighted by Crippen LogP contribution is 2.45. The number of allylic oxidation sites excluding steroid dienone is 2. The molecule has 4 atom stereocenters. The molecule has 71 heavy (non-hydrogen) atoms. The third-order valence-corrected chi connectivity index (χ3v) is 12.7. The summed E-state index contributed by atoms with van der Waals surface area (Å²) in [6, 6.07) is 24.4. The number of benzene rings is 4. The molecule has 4 aromatic carbocycles. The minimum Gasteiger partial charge on any atom is -0.463 e. The second-order valence-corrected chi connectivity index (χ2v) is 17.2. The smallest absolute Gasteiger partial charge is 0.416 e. The van der Waals surface area contributed by atoms with Gasteiger partial charge in [0.25, 0.3) is 0 Å². The summed E-state index contributed by atoms with van der Waals surface area (Å²) in [5, 5.41) is 43.1. The van der Waals surface area contributed by atoms with Gasteiger partial charge in [-0.25, -0.2) is 19.4 Å². The van der Waals surface area contributed by atoms with Crippen LogP contribution in [-0.2, 0) is 31.4 Å². The minimum absolute atomic E-state index is 0.0156. The number of hydrogen-bond donors (Lipinski definition) is 2. The number of carbonyl (C=O) groups is 2. The number of esters is 2. The van der Waals surface area contributed by atoms with Gasteiger partial charge in [-0.15, -0.1) is 0 Å². The maximum atomic E-state index is 13.9. The molecule has 0 spiro atoms. The highest BCUT2D eigenvalue weighted by Gasteiger charge is 2.45. The number of ether oxygens (including phenoxy) is 2. The standard InChI is InChI=1S/C53H56F6N6O6/c1-5-70-48(66)44-34(3)64(42-18-14-16-40(30-42)52(54,55)56)50(68)62(46(44)38-24-20-36(32-60)21-25-38)28-12-10-8-7-9-11-13-29-63-47(39-26-22-37(33-61)23-27-39)45(49(67)71-6-2)35(4)65(51(63)69)43-19-15-17-41(31-43)53(57,58)59/h14-27,30-31,46-47,50-51,68-69H,5-13,28-29H2,1-4H3. The number of nitrogens with zero attached hydrogens (tertiary/aromatic N) is 6. The summed E-state index contributed by atoms with van der Waals surface area (Å²) in [6.45, 7) is 6.81. The Bertz CT molecular complexity index is 2480. The van der Waals surface area contributed by atoms with E-state index in [1.807, 2.05) is 0 Å². The lowest BCUT2D eigenvalue weighted by Gasteiger charge is -2.47. The highest BCUT2D eigenvalue weighted by molar-refractivity contribution is 5.93. The van der Waals surface area contributed by atoms with Gasteiger partial charge in [0.15, 0.2) is 12.7 Å². The summed E-state index contributed by atoms with van der Waals surface area (Å²) in [5.74, 6) is -1.42. The zero-order valence-electron chi connectivity index (χ0n) is 39.8. The van der Waals surface area contributed by atoms with Gasteiger partial charge in [0.1, 0.15) is 0 Å². The molecule has 2 N–H and O–H groups in total. The van der Waals surface area contributed by atoms with Crippen molar-refractivity contribution in [2.45, 2.75) is 110 Å². The van der Waals surface area contributed by atoms with Crippen molar-refractivity contribution >= 4 is 23.3 Å². The molecule has 2 aliphatic heterocycles. The summed E-state index contributed by atoms with van der Waals surface area (Å²) in [4.78, 5) is 33.4. The predicted octanol–water partition coefficient (Wildman–Crippen LogP) is 10.9. The van der Waals surface area contributed by atoms with E-state index in [2.05, 4.69) is 12.1 Å². The molecule has 0 bridgehead atoms. The van der Waals surface area contributed by atoms with E-state index in [4.69, 9.17) is 9.47 Å². The summed E-state index contributed by atoms with van der Waals surface area (Å²) >= 11 is 0. The van der Waals surface area contributed by atoms with Crippen molar-refractivity contribution < 1.29 is 55.6 Å². The van der Waals surface area contributed by atoms with Crippen LogP contribution < -0.4 is 9.80 Å². The second kappa shape index (κ2) is 23.5. The van der Waals surface area contributed by atoms with Gasteiger partial charge < -0.3 is 29.5 Å². The molecule has 4 unspecified atom stereocenters. The fourth-order valence-corrected chi connectivity index (χ4v) is 9.31. The number of nitriles is 2. The Labute approximate surface area is 409 Å². The van der Waals surface area contributed by atoms with Crippen molar-refractivity contribution in [2.24, 2.45) is 0 Å². The Balaban J connectivity index is 1.18. The van der Waals surface area contributed by atoms with Gasteiger partial charge >= 0.3 is 24.3 Å². The highest BCUT2D eigenvalue weighted by atomic mass is 19.4. The Morgan fingerprint density at radius 3 is 1.21 bits per heavy atom. The molecule has 376 valence electrons. The van der Waals surface area contributed by atoms with E-state index in [0.717, 1.165) is 43.5 Å². The zero-order chi connectivity index (χ0) is 51.6. The third kappa shape index (κ3) is 12.3. The SMILES string of the molecule is CCOC(=O)C1=C(C)N(c2cccc(C(F)(F)F)c2)C(O)N(CCCCCCCCCN2C(c3ccc(C#N)cc3)C(C(=O)OCC)=C(C)N(c3cccc(C(F)(F)F)c3)C2O)C1c1ccc(C#N)cc1. The van der Waals surface area contributed by atoms with Crippen molar-refractivity contribution in [3.8, 4) is 12.1 Å². The van der Waals surface area contributed by atoms with Crippen LogP contribution in [0.4, 0.5) is 37.7 Å². The summed E-state index contributed by atoms with van der Waals surface area (Å²) in [6.07, 6.45) is -7.79. The lowest BCUT2D eigenvalue weighted by atomic mass is 9.91. The molecule has 0 saturated heterocycles. The number of unbranched alkanes of at least 4 members (excludes halogenated alkanes) is 6. The average Bonchev–Trinajstić information content (AvgIpc) is 3.34. The topological polar surface area (TPSA) is 154 Å².